The fraction of sp³-hybridized carbons (Fsp3) is 0.0556. The number of nitrogens with one attached hydrogen (secondary N) is 2. The van der Waals surface area contributed by atoms with Crippen molar-refractivity contribution in [1.29, 1.82) is 0 Å². The van der Waals surface area contributed by atoms with Gasteiger partial charge in [0, 0.05) is 16.4 Å². The van der Waals surface area contributed by atoms with Crippen molar-refractivity contribution >= 4 is 46.3 Å². The summed E-state index contributed by atoms with van der Waals surface area (Å²) in [5.41, 5.74) is 1.49. The van der Waals surface area contributed by atoms with E-state index in [2.05, 4.69) is 20.8 Å². The first-order valence-corrected chi connectivity index (χ1v) is 8.32. The van der Waals surface area contributed by atoms with Crippen LogP contribution in [0.3, 0.4) is 0 Å². The predicted octanol–water partition coefficient (Wildman–Crippen LogP) is 4.79. The number of hydrogen-bond acceptors (Lipinski definition) is 5. The minimum atomic E-state index is -0.376. The number of anilines is 3. The van der Waals surface area contributed by atoms with E-state index in [-0.39, 0.29) is 11.6 Å². The molecule has 0 aliphatic heterocycles. The molecule has 0 spiro atoms. The molecule has 0 radical (unpaired) electrons. The monoisotopic (exact) mass is 388 g/mol. The predicted molar refractivity (Wildman–Crippen MR) is 103 cm³/mol. The summed E-state index contributed by atoms with van der Waals surface area (Å²) in [4.78, 5) is 12.2. The van der Waals surface area contributed by atoms with E-state index in [9.17, 15) is 4.79 Å². The number of hydrogen-bond donors (Lipinski definition) is 2. The molecule has 3 aromatic rings. The van der Waals surface area contributed by atoms with Crippen LogP contribution in [-0.4, -0.2) is 23.2 Å². The number of aromatic nitrogens is 2. The zero-order chi connectivity index (χ0) is 18.5. The number of rotatable bonds is 5. The van der Waals surface area contributed by atoms with Crippen molar-refractivity contribution in [2.45, 2.75) is 0 Å². The molecule has 2 N–H and O–H groups in total. The molecular formula is C18H14Cl2N4O2. The summed E-state index contributed by atoms with van der Waals surface area (Å²) < 4.78 is 5.11. The van der Waals surface area contributed by atoms with Crippen molar-refractivity contribution < 1.29 is 9.53 Å². The van der Waals surface area contributed by atoms with E-state index in [1.54, 1.807) is 61.7 Å². The fourth-order valence-electron chi connectivity index (χ4n) is 2.17. The molecule has 0 aliphatic rings. The Bertz CT molecular complexity index is 933. The van der Waals surface area contributed by atoms with E-state index in [4.69, 9.17) is 27.9 Å². The van der Waals surface area contributed by atoms with Crippen LogP contribution in [0.15, 0.2) is 54.6 Å². The number of benzene rings is 2. The second kappa shape index (κ2) is 8.03. The maximum atomic E-state index is 12.2. The van der Waals surface area contributed by atoms with Gasteiger partial charge in [-0.3, -0.25) is 4.79 Å². The van der Waals surface area contributed by atoms with Crippen LogP contribution < -0.4 is 15.4 Å². The molecule has 1 heterocycles. The van der Waals surface area contributed by atoms with Crippen molar-refractivity contribution in [3.63, 3.8) is 0 Å². The quantitative estimate of drug-likeness (QED) is 0.656. The Hall–Kier alpha value is -2.83. The van der Waals surface area contributed by atoms with Crippen LogP contribution in [0.1, 0.15) is 10.5 Å². The summed E-state index contributed by atoms with van der Waals surface area (Å²) in [5.74, 6) is 0.681. The van der Waals surface area contributed by atoms with E-state index < -0.39 is 0 Å². The fourth-order valence-corrected chi connectivity index (χ4v) is 2.62. The van der Waals surface area contributed by atoms with Gasteiger partial charge in [-0.25, -0.2) is 0 Å². The maximum absolute atomic E-state index is 12.2. The molecular weight excluding hydrogens is 375 g/mol. The van der Waals surface area contributed by atoms with E-state index in [0.29, 0.717) is 27.3 Å². The number of amides is 1. The van der Waals surface area contributed by atoms with Gasteiger partial charge in [0.2, 0.25) is 0 Å². The van der Waals surface area contributed by atoms with Gasteiger partial charge in [-0.2, -0.15) is 0 Å². The van der Waals surface area contributed by atoms with Crippen molar-refractivity contribution in [2.75, 3.05) is 17.7 Å². The van der Waals surface area contributed by atoms with Crippen molar-refractivity contribution in [3.8, 4) is 5.75 Å². The Kier molecular flexibility index (Phi) is 5.55. The Morgan fingerprint density at radius 1 is 1.00 bits per heavy atom. The first-order chi connectivity index (χ1) is 12.5. The molecule has 8 heteroatoms. The number of carbonyl (C=O) groups is 1. The maximum Gasteiger partial charge on any atom is 0.276 e. The van der Waals surface area contributed by atoms with Gasteiger partial charge in [0.1, 0.15) is 5.75 Å². The molecule has 0 fully saturated rings. The molecule has 6 nitrogen and oxygen atoms in total. The topological polar surface area (TPSA) is 76.1 Å². The van der Waals surface area contributed by atoms with Gasteiger partial charge in [-0.05, 0) is 48.5 Å². The molecule has 1 aromatic heterocycles. The molecule has 26 heavy (non-hydrogen) atoms. The second-order valence-corrected chi connectivity index (χ2v) is 6.09. The lowest BCUT2D eigenvalue weighted by Gasteiger charge is -2.08. The van der Waals surface area contributed by atoms with Crippen molar-refractivity contribution in [1.82, 2.24) is 10.2 Å². The Labute approximate surface area is 160 Å². The summed E-state index contributed by atoms with van der Waals surface area (Å²) in [6.45, 7) is 0. The van der Waals surface area contributed by atoms with Gasteiger partial charge in [0.25, 0.3) is 5.91 Å². The van der Waals surface area contributed by atoms with Crippen LogP contribution in [0.4, 0.5) is 17.2 Å². The number of carbonyl (C=O) groups excluding carboxylic acids is 1. The van der Waals surface area contributed by atoms with Crippen molar-refractivity contribution in [2.24, 2.45) is 0 Å². The molecule has 0 aliphatic carbocycles. The van der Waals surface area contributed by atoms with Gasteiger partial charge in [-0.15, -0.1) is 10.2 Å². The minimum absolute atomic E-state index is 0.184. The lowest BCUT2D eigenvalue weighted by atomic mass is 10.3. The smallest absolute Gasteiger partial charge is 0.276 e. The van der Waals surface area contributed by atoms with Gasteiger partial charge in [0.15, 0.2) is 11.5 Å². The zero-order valence-corrected chi connectivity index (χ0v) is 15.2. The number of methoxy groups -OCH3 is 1. The molecule has 132 valence electrons. The van der Waals surface area contributed by atoms with Crippen LogP contribution in [0.2, 0.25) is 10.0 Å². The SMILES string of the molecule is COc1ccc(Nc2ccc(C(=O)Nc3cccc(Cl)c3)nn2)cc1Cl. The summed E-state index contributed by atoms with van der Waals surface area (Å²) in [5, 5.41) is 14.7. The van der Waals surface area contributed by atoms with Gasteiger partial charge < -0.3 is 15.4 Å². The Balaban J connectivity index is 1.68. The summed E-state index contributed by atoms with van der Waals surface area (Å²) >= 11 is 12.0. The van der Waals surface area contributed by atoms with Crippen molar-refractivity contribution in [3.05, 3.63) is 70.3 Å². The van der Waals surface area contributed by atoms with Crippen LogP contribution >= 0.6 is 23.2 Å². The highest BCUT2D eigenvalue weighted by molar-refractivity contribution is 6.32. The average molecular weight is 389 g/mol. The van der Waals surface area contributed by atoms with Crippen LogP contribution in [0.5, 0.6) is 5.75 Å². The average Bonchev–Trinajstić information content (AvgIpc) is 2.62. The van der Waals surface area contributed by atoms with E-state index in [0.717, 1.165) is 5.69 Å². The highest BCUT2D eigenvalue weighted by atomic mass is 35.5. The Morgan fingerprint density at radius 3 is 2.50 bits per heavy atom. The van der Waals surface area contributed by atoms with Crippen LogP contribution in [0.25, 0.3) is 0 Å². The molecule has 0 saturated heterocycles. The Morgan fingerprint density at radius 2 is 1.85 bits per heavy atom. The second-order valence-electron chi connectivity index (χ2n) is 5.24. The number of halogens is 2. The highest BCUT2D eigenvalue weighted by Gasteiger charge is 2.09. The van der Waals surface area contributed by atoms with E-state index in [1.165, 1.54) is 0 Å². The lowest BCUT2D eigenvalue weighted by molar-refractivity contribution is 0.102. The third kappa shape index (κ3) is 4.41. The highest BCUT2D eigenvalue weighted by Crippen LogP contribution is 2.28. The van der Waals surface area contributed by atoms with Crippen LogP contribution in [0, 0.1) is 0 Å². The zero-order valence-electron chi connectivity index (χ0n) is 13.7. The molecule has 2 aromatic carbocycles. The molecule has 0 unspecified atom stereocenters. The normalized spacial score (nSPS) is 10.3. The van der Waals surface area contributed by atoms with E-state index in [1.807, 2.05) is 0 Å². The first kappa shape index (κ1) is 18.0. The lowest BCUT2D eigenvalue weighted by Crippen LogP contribution is -2.14. The van der Waals surface area contributed by atoms with E-state index >= 15 is 0 Å². The summed E-state index contributed by atoms with van der Waals surface area (Å²) in [7, 11) is 1.55. The van der Waals surface area contributed by atoms with Crippen LogP contribution in [-0.2, 0) is 0 Å². The van der Waals surface area contributed by atoms with Gasteiger partial charge in [-0.1, -0.05) is 29.3 Å². The molecule has 0 bridgehead atoms. The molecule has 3 rings (SSSR count). The third-order valence-electron chi connectivity index (χ3n) is 3.40. The first-order valence-electron chi connectivity index (χ1n) is 7.56. The third-order valence-corrected chi connectivity index (χ3v) is 3.93. The number of ether oxygens (including phenoxy) is 1. The van der Waals surface area contributed by atoms with Gasteiger partial charge >= 0.3 is 0 Å². The largest absolute Gasteiger partial charge is 0.495 e. The molecule has 1 amide bonds. The summed E-state index contributed by atoms with van der Waals surface area (Å²) in [6.07, 6.45) is 0. The standard InChI is InChI=1S/C18H14Cl2N4O2/c1-26-16-7-5-13(10-14(16)20)21-17-8-6-15(23-24-17)18(25)22-12-4-2-3-11(19)9-12/h2-10H,1H3,(H,21,24)(H,22,25). The summed E-state index contributed by atoms with van der Waals surface area (Å²) in [6, 6.07) is 15.3. The van der Waals surface area contributed by atoms with Gasteiger partial charge in [0.05, 0.1) is 12.1 Å². The number of nitrogens with zero attached hydrogens (tertiary/aromatic N) is 2. The molecule has 0 atom stereocenters. The minimum Gasteiger partial charge on any atom is -0.495 e. The molecule has 0 saturated carbocycles.